The van der Waals surface area contributed by atoms with Crippen molar-refractivity contribution in [1.82, 2.24) is 0 Å². The zero-order chi connectivity index (χ0) is 12.0. The highest BCUT2D eigenvalue weighted by molar-refractivity contribution is 5.82. The van der Waals surface area contributed by atoms with Gasteiger partial charge in [-0.3, -0.25) is 14.4 Å². The van der Waals surface area contributed by atoms with E-state index in [-0.39, 0.29) is 6.10 Å². The molecule has 15 heavy (non-hydrogen) atoms. The smallest absolute Gasteiger partial charge is 0.307 e. The van der Waals surface area contributed by atoms with Crippen LogP contribution < -0.4 is 0 Å². The zero-order valence-electron chi connectivity index (χ0n) is 8.60. The van der Waals surface area contributed by atoms with Crippen molar-refractivity contribution in [2.24, 2.45) is 5.92 Å². The highest BCUT2D eigenvalue weighted by Gasteiger charge is 2.25. The molecule has 86 valence electrons. The predicted molar refractivity (Wildman–Crippen MR) is 49.2 cm³/mol. The summed E-state index contributed by atoms with van der Waals surface area (Å²) in [7, 11) is 0. The number of esters is 1. The molecule has 6 nitrogen and oxygen atoms in total. The van der Waals surface area contributed by atoms with E-state index in [1.165, 1.54) is 0 Å². The van der Waals surface area contributed by atoms with E-state index in [0.717, 1.165) is 0 Å². The van der Waals surface area contributed by atoms with Crippen molar-refractivity contribution in [2.75, 3.05) is 0 Å². The molecule has 0 aromatic carbocycles. The van der Waals surface area contributed by atoms with Crippen LogP contribution in [0.15, 0.2) is 0 Å². The second-order valence-corrected chi connectivity index (χ2v) is 3.38. The van der Waals surface area contributed by atoms with E-state index >= 15 is 0 Å². The SMILES string of the molecule is CC(C)OC(=O)CC(CC(=O)O)C(=O)O. The average molecular weight is 218 g/mol. The fourth-order valence-corrected chi connectivity index (χ4v) is 0.970. The fourth-order valence-electron chi connectivity index (χ4n) is 0.970. The first-order valence-electron chi connectivity index (χ1n) is 4.47. The van der Waals surface area contributed by atoms with Gasteiger partial charge in [0, 0.05) is 0 Å². The summed E-state index contributed by atoms with van der Waals surface area (Å²) in [5.41, 5.74) is 0. The Labute approximate surface area is 86.8 Å². The number of carbonyl (C=O) groups excluding carboxylic acids is 1. The van der Waals surface area contributed by atoms with Crippen molar-refractivity contribution in [3.8, 4) is 0 Å². The van der Waals surface area contributed by atoms with Crippen LogP contribution in [0.1, 0.15) is 26.7 Å². The van der Waals surface area contributed by atoms with E-state index in [1.54, 1.807) is 13.8 Å². The third kappa shape index (κ3) is 6.48. The van der Waals surface area contributed by atoms with Crippen molar-refractivity contribution < 1.29 is 29.3 Å². The van der Waals surface area contributed by atoms with Gasteiger partial charge in [-0.1, -0.05) is 0 Å². The van der Waals surface area contributed by atoms with E-state index in [4.69, 9.17) is 14.9 Å². The van der Waals surface area contributed by atoms with Crippen LogP contribution in [-0.2, 0) is 19.1 Å². The van der Waals surface area contributed by atoms with Crippen LogP contribution in [0, 0.1) is 5.92 Å². The maximum absolute atomic E-state index is 11.1. The van der Waals surface area contributed by atoms with Gasteiger partial charge in [-0.15, -0.1) is 0 Å². The Kier molecular flexibility index (Phi) is 5.36. The Balaban J connectivity index is 4.22. The van der Waals surface area contributed by atoms with Crippen molar-refractivity contribution >= 4 is 17.9 Å². The van der Waals surface area contributed by atoms with Gasteiger partial charge in [0.05, 0.1) is 24.9 Å². The first-order valence-corrected chi connectivity index (χ1v) is 4.47. The van der Waals surface area contributed by atoms with Gasteiger partial charge in [0.1, 0.15) is 0 Å². The first-order chi connectivity index (χ1) is 6.82. The molecule has 0 aromatic heterocycles. The maximum atomic E-state index is 11.1. The molecule has 0 heterocycles. The van der Waals surface area contributed by atoms with Crippen molar-refractivity contribution in [2.45, 2.75) is 32.8 Å². The topological polar surface area (TPSA) is 101 Å². The minimum Gasteiger partial charge on any atom is -0.481 e. The molecule has 0 saturated carbocycles. The molecule has 0 spiro atoms. The number of carboxylic acids is 2. The number of aliphatic carboxylic acids is 2. The van der Waals surface area contributed by atoms with E-state index in [2.05, 4.69) is 0 Å². The lowest BCUT2D eigenvalue weighted by Crippen LogP contribution is -2.23. The summed E-state index contributed by atoms with van der Waals surface area (Å²) in [6, 6.07) is 0. The van der Waals surface area contributed by atoms with E-state index in [9.17, 15) is 14.4 Å². The predicted octanol–water partition coefficient (Wildman–Crippen LogP) is 0.504. The van der Waals surface area contributed by atoms with E-state index < -0.39 is 36.7 Å². The summed E-state index contributed by atoms with van der Waals surface area (Å²) >= 11 is 0. The highest BCUT2D eigenvalue weighted by Crippen LogP contribution is 2.11. The van der Waals surface area contributed by atoms with Crippen molar-refractivity contribution in [3.05, 3.63) is 0 Å². The molecule has 1 unspecified atom stereocenters. The molecule has 6 heteroatoms. The van der Waals surface area contributed by atoms with Crippen LogP contribution in [0.2, 0.25) is 0 Å². The number of rotatable bonds is 6. The molecule has 0 saturated heterocycles. The number of carbonyl (C=O) groups is 3. The lowest BCUT2D eigenvalue weighted by atomic mass is 10.0. The van der Waals surface area contributed by atoms with Crippen LogP contribution in [-0.4, -0.2) is 34.2 Å². The van der Waals surface area contributed by atoms with Crippen molar-refractivity contribution in [1.29, 1.82) is 0 Å². The number of hydrogen-bond acceptors (Lipinski definition) is 4. The maximum Gasteiger partial charge on any atom is 0.307 e. The van der Waals surface area contributed by atoms with Gasteiger partial charge < -0.3 is 14.9 Å². The Morgan fingerprint density at radius 3 is 2.00 bits per heavy atom. The Morgan fingerprint density at radius 2 is 1.67 bits per heavy atom. The summed E-state index contributed by atoms with van der Waals surface area (Å²) in [6.07, 6.45) is -1.33. The van der Waals surface area contributed by atoms with Gasteiger partial charge in [-0.05, 0) is 13.8 Å². The standard InChI is InChI=1S/C9H14O6/c1-5(2)15-8(12)4-6(9(13)14)3-7(10)11/h5-6H,3-4H2,1-2H3,(H,10,11)(H,13,14). The highest BCUT2D eigenvalue weighted by atomic mass is 16.5. The normalized spacial score (nSPS) is 12.2. The van der Waals surface area contributed by atoms with E-state index in [0.29, 0.717) is 0 Å². The van der Waals surface area contributed by atoms with Gasteiger partial charge in [-0.25, -0.2) is 0 Å². The summed E-state index contributed by atoms with van der Waals surface area (Å²) in [6.45, 7) is 3.26. The largest absolute Gasteiger partial charge is 0.481 e. The van der Waals surface area contributed by atoms with Gasteiger partial charge in [-0.2, -0.15) is 0 Å². The third-order valence-electron chi connectivity index (χ3n) is 1.55. The molecule has 0 fully saturated rings. The second kappa shape index (κ2) is 6.00. The molecule has 0 aliphatic rings. The van der Waals surface area contributed by atoms with Crippen LogP contribution in [0.3, 0.4) is 0 Å². The molecule has 1 atom stereocenters. The first kappa shape index (κ1) is 13.4. The minimum absolute atomic E-state index is 0.336. The minimum atomic E-state index is -1.31. The molecule has 0 amide bonds. The Bertz CT molecular complexity index is 257. The molecule has 0 rings (SSSR count). The molecule has 0 radical (unpaired) electrons. The van der Waals surface area contributed by atoms with Crippen LogP contribution in [0.5, 0.6) is 0 Å². The molecule has 0 aliphatic carbocycles. The number of ether oxygens (including phenoxy) is 1. The molecule has 0 aliphatic heterocycles. The Hall–Kier alpha value is -1.59. The molecule has 0 bridgehead atoms. The zero-order valence-corrected chi connectivity index (χ0v) is 8.60. The Morgan fingerprint density at radius 1 is 1.13 bits per heavy atom. The summed E-state index contributed by atoms with van der Waals surface area (Å²) in [5, 5.41) is 17.0. The lowest BCUT2D eigenvalue weighted by Gasteiger charge is -2.11. The molecule has 0 aromatic rings. The summed E-state index contributed by atoms with van der Waals surface area (Å²) < 4.78 is 4.72. The van der Waals surface area contributed by atoms with Gasteiger partial charge >= 0.3 is 17.9 Å². The molecular formula is C9H14O6. The molecule has 2 N–H and O–H groups in total. The van der Waals surface area contributed by atoms with Crippen LogP contribution in [0.25, 0.3) is 0 Å². The average Bonchev–Trinajstić information content (AvgIpc) is 1.99. The lowest BCUT2D eigenvalue weighted by molar-refractivity contribution is -0.156. The van der Waals surface area contributed by atoms with E-state index in [1.807, 2.05) is 0 Å². The second-order valence-electron chi connectivity index (χ2n) is 3.38. The quantitative estimate of drug-likeness (QED) is 0.629. The van der Waals surface area contributed by atoms with Crippen molar-refractivity contribution in [3.63, 3.8) is 0 Å². The summed E-state index contributed by atoms with van der Waals surface area (Å²) in [5.74, 6) is -4.48. The number of hydrogen-bond donors (Lipinski definition) is 2. The van der Waals surface area contributed by atoms with Gasteiger partial charge in [0.2, 0.25) is 0 Å². The van der Waals surface area contributed by atoms with Crippen LogP contribution in [0.4, 0.5) is 0 Å². The van der Waals surface area contributed by atoms with Gasteiger partial charge in [0.15, 0.2) is 0 Å². The third-order valence-corrected chi connectivity index (χ3v) is 1.55. The summed E-state index contributed by atoms with van der Waals surface area (Å²) in [4.78, 5) is 32.0. The van der Waals surface area contributed by atoms with Crippen LogP contribution >= 0.6 is 0 Å². The molecular weight excluding hydrogens is 204 g/mol. The fraction of sp³-hybridized carbons (Fsp3) is 0.667. The number of carboxylic acid groups (broad SMARTS) is 2. The monoisotopic (exact) mass is 218 g/mol. The van der Waals surface area contributed by atoms with Gasteiger partial charge in [0.25, 0.3) is 0 Å².